The molecular weight excluding hydrogens is 600 g/mol. The number of hydrogen-bond donors (Lipinski definition) is 5. The monoisotopic (exact) mass is 646 g/mol. The predicted molar refractivity (Wildman–Crippen MR) is 178 cm³/mol. The van der Waals surface area contributed by atoms with E-state index in [1.807, 2.05) is 20.8 Å². The number of hydrogen-bond acceptors (Lipinski definition) is 8. The van der Waals surface area contributed by atoms with E-state index in [9.17, 15) is 28.8 Å². The highest BCUT2D eigenvalue weighted by atomic mass is 16.2. The van der Waals surface area contributed by atoms with E-state index in [1.165, 1.54) is 4.90 Å². The quantitative estimate of drug-likeness (QED) is 0.156. The minimum absolute atomic E-state index is 0.184. The molecule has 1 aliphatic carbocycles. The smallest absolute Gasteiger partial charge is 0.245 e. The van der Waals surface area contributed by atoms with E-state index in [2.05, 4.69) is 21.3 Å². The number of nitrogens with two attached hydrogens (primary N) is 1. The largest absolute Gasteiger partial charge is 0.384 e. The molecule has 2 aromatic carbocycles. The van der Waals surface area contributed by atoms with Gasteiger partial charge in [-0.1, -0.05) is 63.6 Å². The third-order valence-electron chi connectivity index (χ3n) is 8.46. The summed E-state index contributed by atoms with van der Waals surface area (Å²) in [5.74, 6) is -1.66. The third kappa shape index (κ3) is 8.62. The average molecular weight is 647 g/mol. The normalized spacial score (nSPS) is 16.6. The lowest BCUT2D eigenvalue weighted by Gasteiger charge is -2.28. The van der Waals surface area contributed by atoms with Crippen LogP contribution in [0.1, 0.15) is 91.1 Å². The molecule has 0 spiro atoms. The van der Waals surface area contributed by atoms with Gasteiger partial charge >= 0.3 is 0 Å². The molecule has 0 saturated carbocycles. The van der Waals surface area contributed by atoms with Gasteiger partial charge in [-0.05, 0) is 44.1 Å². The molecule has 2 aromatic rings. The first-order valence-electron chi connectivity index (χ1n) is 16.5. The molecule has 0 aromatic heterocycles. The fraction of sp³-hybridized carbons (Fsp3) is 0.486. The molecule has 12 heteroatoms. The topological polar surface area (TPSA) is 180 Å². The molecule has 1 saturated heterocycles. The van der Waals surface area contributed by atoms with E-state index in [1.54, 1.807) is 42.5 Å². The summed E-state index contributed by atoms with van der Waals surface area (Å²) >= 11 is 0. The minimum Gasteiger partial charge on any atom is -0.384 e. The molecule has 4 rings (SSSR count). The molecule has 12 nitrogen and oxygen atoms in total. The molecule has 6 N–H and O–H groups in total. The second kappa shape index (κ2) is 16.3. The Hall–Kier alpha value is -4.58. The van der Waals surface area contributed by atoms with Crippen molar-refractivity contribution >= 4 is 40.9 Å². The Bertz CT molecular complexity index is 1510. The van der Waals surface area contributed by atoms with E-state index in [4.69, 9.17) is 5.73 Å². The van der Waals surface area contributed by atoms with Crippen LogP contribution in [-0.4, -0.2) is 84.4 Å². The Balaban J connectivity index is 1.26. The maximum absolute atomic E-state index is 13.5. The first kappa shape index (κ1) is 35.3. The van der Waals surface area contributed by atoms with Crippen molar-refractivity contribution in [2.24, 2.45) is 11.7 Å². The maximum atomic E-state index is 13.5. The lowest BCUT2D eigenvalue weighted by Crippen LogP contribution is -2.55. The standard InChI is InChI=1S/C35H46N6O6/c1-4-10-27(40-29(42)20-39-33(45)25(36)19-21(2)3)35(47)41-18-8-15-28(41)34(46)38-17-9-16-37-26-14-7-13-24-30(26)32(44)23-12-6-5-11-22(23)31(24)43/h5-7,11-14,21,25,27-28,37H,4,8-10,15-20,36H2,1-3H3,(H,38,46)(H,39,45)(H,40,42)/t25-,27-,28-/m0/s1. The number of likely N-dealkylation sites (tertiary alicyclic amines) is 1. The summed E-state index contributed by atoms with van der Waals surface area (Å²) < 4.78 is 0. The number of nitrogens with one attached hydrogen (secondary N) is 4. The summed E-state index contributed by atoms with van der Waals surface area (Å²) in [6.07, 6.45) is 3.24. The van der Waals surface area contributed by atoms with Gasteiger partial charge in [-0.25, -0.2) is 0 Å². The maximum Gasteiger partial charge on any atom is 0.245 e. The van der Waals surface area contributed by atoms with Crippen LogP contribution in [0.4, 0.5) is 5.69 Å². The van der Waals surface area contributed by atoms with Crippen LogP contribution in [-0.2, 0) is 19.2 Å². The number of carbonyl (C=O) groups is 6. The van der Waals surface area contributed by atoms with Crippen molar-refractivity contribution in [1.82, 2.24) is 20.9 Å². The van der Waals surface area contributed by atoms with Crippen LogP contribution in [0.5, 0.6) is 0 Å². The van der Waals surface area contributed by atoms with Crippen molar-refractivity contribution in [3.8, 4) is 0 Å². The van der Waals surface area contributed by atoms with Crippen molar-refractivity contribution in [3.63, 3.8) is 0 Å². The number of fused-ring (bicyclic) bond motifs is 2. The molecule has 1 aliphatic heterocycles. The van der Waals surface area contributed by atoms with Gasteiger partial charge in [0, 0.05) is 42.0 Å². The van der Waals surface area contributed by atoms with E-state index in [-0.39, 0.29) is 35.8 Å². The van der Waals surface area contributed by atoms with Crippen molar-refractivity contribution in [2.75, 3.05) is 31.5 Å². The Morgan fingerprint density at radius 1 is 0.936 bits per heavy atom. The average Bonchev–Trinajstić information content (AvgIpc) is 3.55. The van der Waals surface area contributed by atoms with E-state index >= 15 is 0 Å². The SMILES string of the molecule is CCC[C@H](NC(=O)CNC(=O)[C@@H](N)CC(C)C)C(=O)N1CCC[C@H]1C(=O)NCCCNc1cccc2c1C(=O)c1ccccc1C2=O. The molecule has 0 unspecified atom stereocenters. The highest BCUT2D eigenvalue weighted by Gasteiger charge is 2.37. The molecule has 1 heterocycles. The van der Waals surface area contributed by atoms with Crippen molar-refractivity contribution < 1.29 is 28.8 Å². The highest BCUT2D eigenvalue weighted by Crippen LogP contribution is 2.32. The summed E-state index contributed by atoms with van der Waals surface area (Å²) in [5.41, 5.74) is 7.96. The van der Waals surface area contributed by atoms with Gasteiger partial charge < -0.3 is 31.9 Å². The number of ketones is 2. The first-order valence-corrected chi connectivity index (χ1v) is 16.5. The number of rotatable bonds is 15. The molecule has 47 heavy (non-hydrogen) atoms. The fourth-order valence-corrected chi connectivity index (χ4v) is 6.14. The lowest BCUT2D eigenvalue weighted by molar-refractivity contribution is -0.141. The molecule has 0 bridgehead atoms. The van der Waals surface area contributed by atoms with Crippen LogP contribution in [0, 0.1) is 5.92 Å². The molecule has 2 aliphatic rings. The van der Waals surface area contributed by atoms with Crippen LogP contribution in [0.15, 0.2) is 42.5 Å². The first-order chi connectivity index (χ1) is 22.5. The Morgan fingerprint density at radius 3 is 2.34 bits per heavy atom. The summed E-state index contributed by atoms with van der Waals surface area (Å²) in [5, 5.41) is 11.4. The van der Waals surface area contributed by atoms with Crippen molar-refractivity contribution in [2.45, 2.75) is 77.4 Å². The number of amides is 4. The van der Waals surface area contributed by atoms with Crippen molar-refractivity contribution in [1.29, 1.82) is 0 Å². The van der Waals surface area contributed by atoms with Crippen LogP contribution in [0.3, 0.4) is 0 Å². The summed E-state index contributed by atoms with van der Waals surface area (Å²) in [6.45, 7) is 6.70. The molecule has 4 amide bonds. The molecule has 1 fully saturated rings. The van der Waals surface area contributed by atoms with Gasteiger partial charge in [-0.15, -0.1) is 0 Å². The zero-order valence-corrected chi connectivity index (χ0v) is 27.4. The number of nitrogens with zero attached hydrogens (tertiary/aromatic N) is 1. The molecular formula is C35H46N6O6. The second-order valence-corrected chi connectivity index (χ2v) is 12.6. The van der Waals surface area contributed by atoms with Gasteiger partial charge in [0.15, 0.2) is 11.6 Å². The molecule has 0 radical (unpaired) electrons. The minimum atomic E-state index is -0.815. The lowest BCUT2D eigenvalue weighted by atomic mass is 9.83. The van der Waals surface area contributed by atoms with Crippen LogP contribution >= 0.6 is 0 Å². The zero-order chi connectivity index (χ0) is 34.1. The second-order valence-electron chi connectivity index (χ2n) is 12.6. The van der Waals surface area contributed by atoms with Gasteiger partial charge in [-0.3, -0.25) is 28.8 Å². The summed E-state index contributed by atoms with van der Waals surface area (Å²) in [7, 11) is 0. The van der Waals surface area contributed by atoms with Gasteiger partial charge in [0.05, 0.1) is 18.2 Å². The number of benzene rings is 2. The van der Waals surface area contributed by atoms with Crippen LogP contribution in [0.25, 0.3) is 0 Å². The zero-order valence-electron chi connectivity index (χ0n) is 27.4. The van der Waals surface area contributed by atoms with E-state index < -0.39 is 29.9 Å². The van der Waals surface area contributed by atoms with Crippen LogP contribution < -0.4 is 27.0 Å². The third-order valence-corrected chi connectivity index (χ3v) is 8.46. The van der Waals surface area contributed by atoms with Gasteiger partial charge in [0.2, 0.25) is 23.6 Å². The predicted octanol–water partition coefficient (Wildman–Crippen LogP) is 2.15. The number of anilines is 1. The van der Waals surface area contributed by atoms with Gasteiger partial charge in [0.25, 0.3) is 0 Å². The fourth-order valence-electron chi connectivity index (χ4n) is 6.14. The molecule has 252 valence electrons. The van der Waals surface area contributed by atoms with Gasteiger partial charge in [-0.2, -0.15) is 0 Å². The van der Waals surface area contributed by atoms with Gasteiger partial charge in [0.1, 0.15) is 12.1 Å². The Morgan fingerprint density at radius 2 is 1.64 bits per heavy atom. The Kier molecular flexibility index (Phi) is 12.2. The summed E-state index contributed by atoms with van der Waals surface area (Å²) in [6, 6.07) is 9.78. The Labute approximate surface area is 275 Å². The summed E-state index contributed by atoms with van der Waals surface area (Å²) in [4.78, 5) is 79.2. The van der Waals surface area contributed by atoms with E-state index in [0.717, 1.165) is 0 Å². The number of carbonyl (C=O) groups excluding carboxylic acids is 6. The van der Waals surface area contributed by atoms with E-state index in [0.29, 0.717) is 86.1 Å². The van der Waals surface area contributed by atoms with Crippen molar-refractivity contribution in [3.05, 3.63) is 64.7 Å². The van der Waals surface area contributed by atoms with Crippen LogP contribution in [0.2, 0.25) is 0 Å². The molecule has 3 atom stereocenters. The highest BCUT2D eigenvalue weighted by molar-refractivity contribution is 6.30.